The van der Waals surface area contributed by atoms with Crippen molar-refractivity contribution >= 4 is 38.8 Å². The molecule has 0 unspecified atom stereocenters. The molecule has 8 nitrogen and oxygen atoms in total. The molecule has 0 saturated carbocycles. The Balaban J connectivity index is 1.68. The second-order valence-corrected chi connectivity index (χ2v) is 6.00. The standard InChI is InChI=1S/C15H11FN4O4S/c16-11-2-1-9(7-12(11)20(23)24)18-13(21)3-5-19-8-17-14-10(15(19)22)4-6-25-14/h1-2,4,6-8H,3,5H2,(H,18,21). The van der Waals surface area contributed by atoms with Crippen molar-refractivity contribution < 1.29 is 14.1 Å². The molecular formula is C15H11FN4O4S. The Morgan fingerprint density at radius 1 is 1.40 bits per heavy atom. The Labute approximate surface area is 143 Å². The van der Waals surface area contributed by atoms with Gasteiger partial charge in [0, 0.05) is 24.7 Å². The molecule has 128 valence electrons. The Bertz CT molecular complexity index is 1030. The van der Waals surface area contributed by atoms with Gasteiger partial charge in [-0.25, -0.2) is 4.98 Å². The van der Waals surface area contributed by atoms with Gasteiger partial charge in [0.15, 0.2) is 0 Å². The number of aromatic nitrogens is 2. The van der Waals surface area contributed by atoms with Crippen LogP contribution in [0.2, 0.25) is 0 Å². The summed E-state index contributed by atoms with van der Waals surface area (Å²) in [5, 5.41) is 15.4. The summed E-state index contributed by atoms with van der Waals surface area (Å²) in [5.41, 5.74) is -0.852. The van der Waals surface area contributed by atoms with Crippen molar-refractivity contribution in [3.63, 3.8) is 0 Å². The van der Waals surface area contributed by atoms with Gasteiger partial charge in [-0.05, 0) is 23.6 Å². The molecule has 0 bridgehead atoms. The molecule has 0 aliphatic heterocycles. The fourth-order valence-electron chi connectivity index (χ4n) is 2.23. The molecule has 10 heteroatoms. The molecule has 1 amide bonds. The molecule has 25 heavy (non-hydrogen) atoms. The summed E-state index contributed by atoms with van der Waals surface area (Å²) in [6, 6.07) is 4.75. The van der Waals surface area contributed by atoms with E-state index in [9.17, 15) is 24.1 Å². The number of carbonyl (C=O) groups is 1. The topological polar surface area (TPSA) is 107 Å². The van der Waals surface area contributed by atoms with Crippen LogP contribution in [0, 0.1) is 15.9 Å². The van der Waals surface area contributed by atoms with Gasteiger partial charge in [-0.3, -0.25) is 24.3 Å². The van der Waals surface area contributed by atoms with E-state index in [2.05, 4.69) is 10.3 Å². The Hall–Kier alpha value is -3.14. The Morgan fingerprint density at radius 2 is 2.20 bits per heavy atom. The highest BCUT2D eigenvalue weighted by Gasteiger charge is 2.15. The van der Waals surface area contributed by atoms with Crippen LogP contribution in [0.15, 0.2) is 40.8 Å². The van der Waals surface area contributed by atoms with E-state index in [4.69, 9.17) is 0 Å². The van der Waals surface area contributed by atoms with Crippen LogP contribution in [-0.4, -0.2) is 20.4 Å². The van der Waals surface area contributed by atoms with E-state index < -0.39 is 22.3 Å². The molecule has 0 radical (unpaired) electrons. The fourth-order valence-corrected chi connectivity index (χ4v) is 2.95. The number of halogens is 1. The van der Waals surface area contributed by atoms with Gasteiger partial charge in [0.25, 0.3) is 5.56 Å². The first-order chi connectivity index (χ1) is 12.0. The van der Waals surface area contributed by atoms with E-state index in [-0.39, 0.29) is 24.2 Å². The maximum atomic E-state index is 13.3. The minimum Gasteiger partial charge on any atom is -0.326 e. The molecule has 3 aromatic rings. The van der Waals surface area contributed by atoms with Gasteiger partial charge >= 0.3 is 5.69 Å². The van der Waals surface area contributed by atoms with Crippen molar-refractivity contribution in [1.82, 2.24) is 9.55 Å². The van der Waals surface area contributed by atoms with Crippen LogP contribution in [0.1, 0.15) is 6.42 Å². The van der Waals surface area contributed by atoms with E-state index in [1.807, 2.05) is 0 Å². The van der Waals surface area contributed by atoms with Gasteiger partial charge in [0.1, 0.15) is 4.83 Å². The van der Waals surface area contributed by atoms with Crippen LogP contribution >= 0.6 is 11.3 Å². The number of benzene rings is 1. The monoisotopic (exact) mass is 362 g/mol. The summed E-state index contributed by atoms with van der Waals surface area (Å²) in [4.78, 5) is 38.8. The molecule has 3 rings (SSSR count). The lowest BCUT2D eigenvalue weighted by molar-refractivity contribution is -0.387. The molecule has 0 spiro atoms. The highest BCUT2D eigenvalue weighted by Crippen LogP contribution is 2.21. The molecule has 0 fully saturated rings. The molecule has 2 heterocycles. The van der Waals surface area contributed by atoms with Crippen molar-refractivity contribution in [2.45, 2.75) is 13.0 Å². The summed E-state index contributed by atoms with van der Waals surface area (Å²) in [6.45, 7) is 0.104. The third-order valence-electron chi connectivity index (χ3n) is 3.46. The molecule has 0 atom stereocenters. The average molecular weight is 362 g/mol. The van der Waals surface area contributed by atoms with Crippen LogP contribution < -0.4 is 10.9 Å². The molecule has 0 aliphatic rings. The number of hydrogen-bond donors (Lipinski definition) is 1. The molecule has 1 N–H and O–H groups in total. The minimum absolute atomic E-state index is 0.0393. The maximum absolute atomic E-state index is 13.3. The van der Waals surface area contributed by atoms with E-state index in [1.165, 1.54) is 28.3 Å². The fraction of sp³-hybridized carbons (Fsp3) is 0.133. The summed E-state index contributed by atoms with van der Waals surface area (Å²) in [5.74, 6) is -1.44. The minimum atomic E-state index is -0.982. The predicted octanol–water partition coefficient (Wildman–Crippen LogP) is 2.53. The van der Waals surface area contributed by atoms with Gasteiger partial charge in [0.05, 0.1) is 16.6 Å². The number of amides is 1. The third kappa shape index (κ3) is 3.53. The van der Waals surface area contributed by atoms with E-state index in [0.29, 0.717) is 10.2 Å². The highest BCUT2D eigenvalue weighted by atomic mass is 32.1. The molecular weight excluding hydrogens is 351 g/mol. The quantitative estimate of drug-likeness (QED) is 0.554. The van der Waals surface area contributed by atoms with Gasteiger partial charge in [-0.2, -0.15) is 4.39 Å². The zero-order valence-electron chi connectivity index (χ0n) is 12.6. The van der Waals surface area contributed by atoms with Gasteiger partial charge in [0.2, 0.25) is 11.7 Å². The Kier molecular flexibility index (Phi) is 4.52. The second-order valence-electron chi connectivity index (χ2n) is 5.10. The number of fused-ring (bicyclic) bond motifs is 1. The number of nitro benzene ring substituents is 1. The number of rotatable bonds is 5. The number of thiophene rings is 1. The molecule has 0 saturated heterocycles. The lowest BCUT2D eigenvalue weighted by Gasteiger charge is -2.07. The zero-order chi connectivity index (χ0) is 18.0. The third-order valence-corrected chi connectivity index (χ3v) is 4.28. The highest BCUT2D eigenvalue weighted by molar-refractivity contribution is 7.16. The van der Waals surface area contributed by atoms with Gasteiger partial charge in [-0.1, -0.05) is 0 Å². The number of nitrogens with one attached hydrogen (secondary N) is 1. The smallest absolute Gasteiger partial charge is 0.306 e. The van der Waals surface area contributed by atoms with Crippen molar-refractivity contribution in [3.8, 4) is 0 Å². The normalized spacial score (nSPS) is 10.8. The second kappa shape index (κ2) is 6.77. The number of nitrogens with zero attached hydrogens (tertiary/aromatic N) is 3. The summed E-state index contributed by atoms with van der Waals surface area (Å²) < 4.78 is 14.6. The van der Waals surface area contributed by atoms with Gasteiger partial charge in [-0.15, -0.1) is 11.3 Å². The average Bonchev–Trinajstić information content (AvgIpc) is 3.05. The molecule has 1 aromatic carbocycles. The van der Waals surface area contributed by atoms with Crippen molar-refractivity contribution in [2.75, 3.05) is 5.32 Å². The van der Waals surface area contributed by atoms with Crippen LogP contribution in [0.4, 0.5) is 15.8 Å². The summed E-state index contributed by atoms with van der Waals surface area (Å²) in [7, 11) is 0. The first kappa shape index (κ1) is 16.7. The maximum Gasteiger partial charge on any atom is 0.306 e. The first-order valence-corrected chi connectivity index (χ1v) is 8.00. The summed E-state index contributed by atoms with van der Waals surface area (Å²) >= 11 is 1.35. The lowest BCUT2D eigenvalue weighted by atomic mass is 10.2. The van der Waals surface area contributed by atoms with Crippen molar-refractivity contribution in [1.29, 1.82) is 0 Å². The van der Waals surface area contributed by atoms with Crippen LogP contribution in [-0.2, 0) is 11.3 Å². The predicted molar refractivity (Wildman–Crippen MR) is 90.2 cm³/mol. The molecule has 0 aliphatic carbocycles. The molecule has 2 aromatic heterocycles. The number of carbonyl (C=O) groups excluding carboxylic acids is 1. The van der Waals surface area contributed by atoms with Crippen LogP contribution in [0.5, 0.6) is 0 Å². The van der Waals surface area contributed by atoms with Crippen LogP contribution in [0.25, 0.3) is 10.2 Å². The lowest BCUT2D eigenvalue weighted by Crippen LogP contribution is -2.23. The first-order valence-electron chi connectivity index (χ1n) is 7.12. The van der Waals surface area contributed by atoms with Crippen LogP contribution in [0.3, 0.4) is 0 Å². The summed E-state index contributed by atoms with van der Waals surface area (Å²) in [6.07, 6.45) is 1.33. The SMILES string of the molecule is O=C(CCn1cnc2sccc2c1=O)Nc1ccc(F)c([N+](=O)[O-])c1. The largest absolute Gasteiger partial charge is 0.326 e. The van der Waals surface area contributed by atoms with Crippen molar-refractivity contribution in [2.24, 2.45) is 0 Å². The number of aryl methyl sites for hydroxylation is 1. The number of anilines is 1. The van der Waals surface area contributed by atoms with Gasteiger partial charge < -0.3 is 5.32 Å². The van der Waals surface area contributed by atoms with E-state index in [0.717, 1.165) is 12.1 Å². The number of nitro groups is 1. The van der Waals surface area contributed by atoms with E-state index in [1.54, 1.807) is 11.4 Å². The Morgan fingerprint density at radius 3 is 2.96 bits per heavy atom. The van der Waals surface area contributed by atoms with E-state index >= 15 is 0 Å². The zero-order valence-corrected chi connectivity index (χ0v) is 13.5. The van der Waals surface area contributed by atoms with Crippen molar-refractivity contribution in [3.05, 3.63) is 62.3 Å². The number of hydrogen-bond acceptors (Lipinski definition) is 6.